The summed E-state index contributed by atoms with van der Waals surface area (Å²) in [5.41, 5.74) is 4.90. The van der Waals surface area contributed by atoms with Crippen molar-refractivity contribution in [2.24, 2.45) is 0 Å². The predicted octanol–water partition coefficient (Wildman–Crippen LogP) is 3.93. The van der Waals surface area contributed by atoms with Crippen LogP contribution < -0.4 is 0 Å². The summed E-state index contributed by atoms with van der Waals surface area (Å²) in [7, 11) is 0. The molecule has 0 bridgehead atoms. The standard InChI is InChI=1S/C25H27N3O3S/c1-18-6-8-21(9-7-18)24-26-22(17-32-24)25(30)31-16-23(29)28-12-10-27(11-13-28)15-20-5-3-4-19(2)14-20/h3-9,14,17H,10-13,15-16H2,1-2H3. The van der Waals surface area contributed by atoms with Gasteiger partial charge in [-0.2, -0.15) is 0 Å². The third kappa shape index (κ3) is 5.60. The molecule has 0 spiro atoms. The lowest BCUT2D eigenvalue weighted by Gasteiger charge is -2.34. The number of carbonyl (C=O) groups is 2. The topological polar surface area (TPSA) is 62.7 Å². The number of esters is 1. The highest BCUT2D eigenvalue weighted by Gasteiger charge is 2.23. The molecule has 1 aromatic heterocycles. The first-order valence-electron chi connectivity index (χ1n) is 10.7. The van der Waals surface area contributed by atoms with Crippen molar-refractivity contribution in [1.29, 1.82) is 0 Å². The van der Waals surface area contributed by atoms with Gasteiger partial charge in [-0.25, -0.2) is 9.78 Å². The molecule has 0 saturated carbocycles. The molecule has 6 nitrogen and oxygen atoms in total. The molecule has 1 fully saturated rings. The van der Waals surface area contributed by atoms with Crippen LogP contribution in [0.25, 0.3) is 10.6 Å². The average Bonchev–Trinajstić information content (AvgIpc) is 3.29. The molecule has 0 aliphatic carbocycles. The van der Waals surface area contributed by atoms with Crippen molar-refractivity contribution in [3.8, 4) is 10.6 Å². The van der Waals surface area contributed by atoms with Crippen molar-refractivity contribution in [2.45, 2.75) is 20.4 Å². The fourth-order valence-corrected chi connectivity index (χ4v) is 4.51. The molecule has 4 rings (SSSR count). The van der Waals surface area contributed by atoms with Gasteiger partial charge < -0.3 is 9.64 Å². The van der Waals surface area contributed by atoms with Gasteiger partial charge in [-0.15, -0.1) is 11.3 Å². The summed E-state index contributed by atoms with van der Waals surface area (Å²) < 4.78 is 5.25. The molecule has 166 valence electrons. The zero-order valence-corrected chi connectivity index (χ0v) is 19.2. The minimum Gasteiger partial charge on any atom is -0.451 e. The highest BCUT2D eigenvalue weighted by atomic mass is 32.1. The van der Waals surface area contributed by atoms with Gasteiger partial charge >= 0.3 is 5.97 Å². The molecular weight excluding hydrogens is 422 g/mol. The van der Waals surface area contributed by atoms with Crippen LogP contribution in [-0.2, 0) is 16.1 Å². The molecular formula is C25H27N3O3S. The summed E-state index contributed by atoms with van der Waals surface area (Å²) in [6.07, 6.45) is 0. The molecule has 1 saturated heterocycles. The van der Waals surface area contributed by atoms with Crippen LogP contribution in [0.1, 0.15) is 27.2 Å². The number of ether oxygens (including phenoxy) is 1. The van der Waals surface area contributed by atoms with Crippen molar-refractivity contribution < 1.29 is 14.3 Å². The third-order valence-electron chi connectivity index (χ3n) is 5.55. The van der Waals surface area contributed by atoms with Crippen molar-refractivity contribution in [3.63, 3.8) is 0 Å². The Bertz CT molecular complexity index is 1090. The van der Waals surface area contributed by atoms with E-state index < -0.39 is 5.97 Å². The number of thiazole rings is 1. The first-order valence-corrected chi connectivity index (χ1v) is 11.6. The Morgan fingerprint density at radius 1 is 1.00 bits per heavy atom. The molecule has 3 aromatic rings. The van der Waals surface area contributed by atoms with Crippen molar-refractivity contribution in [2.75, 3.05) is 32.8 Å². The highest BCUT2D eigenvalue weighted by molar-refractivity contribution is 7.13. The summed E-state index contributed by atoms with van der Waals surface area (Å²) >= 11 is 1.39. The maximum absolute atomic E-state index is 12.5. The Balaban J connectivity index is 1.24. The number of amides is 1. The fourth-order valence-electron chi connectivity index (χ4n) is 3.71. The number of carbonyl (C=O) groups excluding carboxylic acids is 2. The monoisotopic (exact) mass is 449 g/mol. The number of benzene rings is 2. The summed E-state index contributed by atoms with van der Waals surface area (Å²) in [5, 5.41) is 2.43. The van der Waals surface area contributed by atoms with Crippen LogP contribution in [0.15, 0.2) is 53.9 Å². The minimum atomic E-state index is -0.564. The van der Waals surface area contributed by atoms with Crippen molar-refractivity contribution >= 4 is 23.2 Å². The van der Waals surface area contributed by atoms with Gasteiger partial charge in [0.25, 0.3) is 5.91 Å². The Morgan fingerprint density at radius 2 is 1.75 bits per heavy atom. The first kappa shape index (κ1) is 22.2. The van der Waals surface area contributed by atoms with E-state index >= 15 is 0 Å². The number of aryl methyl sites for hydroxylation is 2. The number of rotatable bonds is 6. The second-order valence-electron chi connectivity index (χ2n) is 8.13. The van der Waals surface area contributed by atoms with Crippen LogP contribution in [0.2, 0.25) is 0 Å². The quantitative estimate of drug-likeness (QED) is 0.534. The van der Waals surface area contributed by atoms with E-state index in [-0.39, 0.29) is 18.2 Å². The van der Waals surface area contributed by atoms with Gasteiger partial charge in [0.1, 0.15) is 5.01 Å². The zero-order valence-electron chi connectivity index (χ0n) is 18.4. The molecule has 1 aliphatic rings. The number of piperazine rings is 1. The lowest BCUT2D eigenvalue weighted by Crippen LogP contribution is -2.49. The highest BCUT2D eigenvalue weighted by Crippen LogP contribution is 2.24. The lowest BCUT2D eigenvalue weighted by atomic mass is 10.1. The molecule has 7 heteroatoms. The smallest absolute Gasteiger partial charge is 0.358 e. The van der Waals surface area contributed by atoms with Crippen molar-refractivity contribution in [3.05, 3.63) is 76.3 Å². The maximum atomic E-state index is 12.5. The Hall–Kier alpha value is -3.03. The Morgan fingerprint density at radius 3 is 2.47 bits per heavy atom. The fraction of sp³-hybridized carbons (Fsp3) is 0.320. The van der Waals surface area contributed by atoms with E-state index in [0.717, 1.165) is 30.2 Å². The number of hydrogen-bond donors (Lipinski definition) is 0. The summed E-state index contributed by atoms with van der Waals surface area (Å²) in [6, 6.07) is 16.5. The van der Waals surface area contributed by atoms with Gasteiger partial charge in [0.2, 0.25) is 0 Å². The maximum Gasteiger partial charge on any atom is 0.358 e. The van der Waals surface area contributed by atoms with E-state index in [1.54, 1.807) is 10.3 Å². The molecule has 1 aliphatic heterocycles. The van der Waals surface area contributed by atoms with Crippen LogP contribution in [0.3, 0.4) is 0 Å². The van der Waals surface area contributed by atoms with Crippen LogP contribution >= 0.6 is 11.3 Å². The van der Waals surface area contributed by atoms with Gasteiger partial charge in [-0.05, 0) is 19.4 Å². The van der Waals surface area contributed by atoms with Gasteiger partial charge in [-0.1, -0.05) is 59.7 Å². The molecule has 0 unspecified atom stereocenters. The summed E-state index contributed by atoms with van der Waals surface area (Å²) in [5.74, 6) is -0.728. The molecule has 2 aromatic carbocycles. The van der Waals surface area contributed by atoms with E-state index in [4.69, 9.17) is 4.74 Å². The molecule has 32 heavy (non-hydrogen) atoms. The number of aromatic nitrogens is 1. The van der Waals surface area contributed by atoms with Crippen LogP contribution in [0.5, 0.6) is 0 Å². The average molecular weight is 450 g/mol. The van der Waals surface area contributed by atoms with E-state index in [0.29, 0.717) is 13.1 Å². The van der Waals surface area contributed by atoms with E-state index in [9.17, 15) is 9.59 Å². The van der Waals surface area contributed by atoms with Crippen LogP contribution in [0, 0.1) is 13.8 Å². The Labute approximate surface area is 192 Å². The summed E-state index contributed by atoms with van der Waals surface area (Å²) in [6.45, 7) is 7.62. The minimum absolute atomic E-state index is 0.164. The molecule has 0 N–H and O–H groups in total. The van der Waals surface area contributed by atoms with Crippen LogP contribution in [0.4, 0.5) is 0 Å². The second kappa shape index (κ2) is 10.1. The van der Waals surface area contributed by atoms with E-state index in [2.05, 4.69) is 41.1 Å². The second-order valence-corrected chi connectivity index (χ2v) is 8.98. The van der Waals surface area contributed by atoms with Gasteiger partial charge in [0.15, 0.2) is 12.3 Å². The van der Waals surface area contributed by atoms with E-state index in [1.807, 2.05) is 31.2 Å². The third-order valence-corrected chi connectivity index (χ3v) is 6.44. The van der Waals surface area contributed by atoms with Gasteiger partial charge in [0, 0.05) is 43.7 Å². The van der Waals surface area contributed by atoms with Crippen molar-refractivity contribution in [1.82, 2.24) is 14.8 Å². The zero-order chi connectivity index (χ0) is 22.5. The van der Waals surface area contributed by atoms with Crippen LogP contribution in [-0.4, -0.2) is 59.4 Å². The van der Waals surface area contributed by atoms with Gasteiger partial charge in [0.05, 0.1) is 0 Å². The number of nitrogens with zero attached hydrogens (tertiary/aromatic N) is 3. The van der Waals surface area contributed by atoms with Gasteiger partial charge in [-0.3, -0.25) is 9.69 Å². The summed E-state index contributed by atoms with van der Waals surface area (Å²) in [4.78, 5) is 33.3. The predicted molar refractivity (Wildman–Crippen MR) is 126 cm³/mol. The molecule has 0 atom stereocenters. The SMILES string of the molecule is Cc1ccc(-c2nc(C(=O)OCC(=O)N3CCN(Cc4cccc(C)c4)CC3)cs2)cc1. The molecule has 0 radical (unpaired) electrons. The number of hydrogen-bond acceptors (Lipinski definition) is 6. The largest absolute Gasteiger partial charge is 0.451 e. The van der Waals surface area contributed by atoms with E-state index in [1.165, 1.54) is 28.0 Å². The normalized spacial score (nSPS) is 14.4. The lowest BCUT2D eigenvalue weighted by molar-refractivity contribution is -0.136. The first-order chi connectivity index (χ1) is 15.5. The molecule has 1 amide bonds. The molecule has 2 heterocycles. The Kier molecular flexibility index (Phi) is 6.97.